The number of pyridine rings is 1. The molecule has 0 saturated heterocycles. The van der Waals surface area contributed by atoms with Gasteiger partial charge < -0.3 is 4.57 Å². The van der Waals surface area contributed by atoms with Gasteiger partial charge in [-0.05, 0) is 18.6 Å². The van der Waals surface area contributed by atoms with Crippen LogP contribution in [0.25, 0.3) is 10.9 Å². The van der Waals surface area contributed by atoms with Crippen LogP contribution in [-0.4, -0.2) is 9.55 Å². The van der Waals surface area contributed by atoms with Gasteiger partial charge in [-0.25, -0.2) is 0 Å². The average Bonchev–Trinajstić information content (AvgIpc) is 2.47. The molecule has 0 unspecified atom stereocenters. The lowest BCUT2D eigenvalue weighted by Gasteiger charge is -1.98. The van der Waals surface area contributed by atoms with Gasteiger partial charge in [0.1, 0.15) is 0 Å². The fourth-order valence-corrected chi connectivity index (χ4v) is 1.40. The van der Waals surface area contributed by atoms with Crippen molar-refractivity contribution in [3.63, 3.8) is 0 Å². The number of aryl methyl sites for hydroxylation is 2. The Bertz CT molecular complexity index is 401. The Kier molecular flexibility index (Phi) is 1.61. The smallest absolute Gasteiger partial charge is 0.0511 e. The summed E-state index contributed by atoms with van der Waals surface area (Å²) >= 11 is 0. The minimum atomic E-state index is 1.00. The molecule has 62 valence electrons. The van der Waals surface area contributed by atoms with Crippen molar-refractivity contribution in [1.29, 1.82) is 0 Å². The van der Waals surface area contributed by atoms with Crippen molar-refractivity contribution in [2.75, 3.05) is 0 Å². The lowest BCUT2D eigenvalue weighted by molar-refractivity contribution is 0.960. The first-order valence-corrected chi connectivity index (χ1v) is 4.21. The van der Waals surface area contributed by atoms with Gasteiger partial charge in [0.05, 0.1) is 5.52 Å². The SMILES string of the molecule is CCc1cc2c(ccn2C)cn1. The van der Waals surface area contributed by atoms with Gasteiger partial charge in [0.15, 0.2) is 0 Å². The van der Waals surface area contributed by atoms with Gasteiger partial charge in [0.2, 0.25) is 0 Å². The number of hydrogen-bond acceptors (Lipinski definition) is 1. The molecule has 2 heterocycles. The first-order chi connectivity index (χ1) is 5.81. The van der Waals surface area contributed by atoms with Crippen molar-refractivity contribution in [2.24, 2.45) is 7.05 Å². The van der Waals surface area contributed by atoms with E-state index in [1.54, 1.807) is 0 Å². The Labute approximate surface area is 71.8 Å². The van der Waals surface area contributed by atoms with Crippen molar-refractivity contribution in [1.82, 2.24) is 9.55 Å². The summed E-state index contributed by atoms with van der Waals surface area (Å²) in [6.07, 6.45) is 5.00. The summed E-state index contributed by atoms with van der Waals surface area (Å²) in [6.45, 7) is 2.12. The molecule has 12 heavy (non-hydrogen) atoms. The lowest BCUT2D eigenvalue weighted by atomic mass is 10.2. The normalized spacial score (nSPS) is 10.8. The molecule has 2 aromatic heterocycles. The van der Waals surface area contributed by atoms with E-state index in [2.05, 4.69) is 41.9 Å². The van der Waals surface area contributed by atoms with Gasteiger partial charge in [-0.2, -0.15) is 0 Å². The molecule has 0 atom stereocenters. The quantitative estimate of drug-likeness (QED) is 0.625. The molecule has 0 bridgehead atoms. The second-order valence-electron chi connectivity index (χ2n) is 3.01. The maximum Gasteiger partial charge on any atom is 0.0511 e. The number of hydrogen-bond donors (Lipinski definition) is 0. The molecular formula is C10H12N2. The molecule has 2 heteroatoms. The fourth-order valence-electron chi connectivity index (χ4n) is 1.40. The van der Waals surface area contributed by atoms with E-state index in [9.17, 15) is 0 Å². The number of nitrogens with zero attached hydrogens (tertiary/aromatic N) is 2. The molecular weight excluding hydrogens is 148 g/mol. The van der Waals surface area contributed by atoms with Crippen molar-refractivity contribution < 1.29 is 0 Å². The number of aromatic nitrogens is 2. The molecule has 0 aliphatic rings. The highest BCUT2D eigenvalue weighted by Gasteiger charge is 1.98. The van der Waals surface area contributed by atoms with Gasteiger partial charge in [0, 0.05) is 30.5 Å². The molecule has 0 spiro atoms. The predicted molar refractivity (Wildman–Crippen MR) is 50.1 cm³/mol. The zero-order valence-corrected chi connectivity index (χ0v) is 7.41. The van der Waals surface area contributed by atoms with Crippen LogP contribution in [0.5, 0.6) is 0 Å². The van der Waals surface area contributed by atoms with E-state index in [0.717, 1.165) is 12.1 Å². The van der Waals surface area contributed by atoms with Gasteiger partial charge in [0.25, 0.3) is 0 Å². The molecule has 0 radical (unpaired) electrons. The predicted octanol–water partition coefficient (Wildman–Crippen LogP) is 2.14. The lowest BCUT2D eigenvalue weighted by Crippen LogP contribution is -1.89. The number of fused-ring (bicyclic) bond motifs is 1. The van der Waals surface area contributed by atoms with E-state index >= 15 is 0 Å². The van der Waals surface area contributed by atoms with Crippen molar-refractivity contribution >= 4 is 10.9 Å². The maximum atomic E-state index is 4.33. The molecule has 2 rings (SSSR count). The van der Waals surface area contributed by atoms with E-state index in [1.165, 1.54) is 10.9 Å². The van der Waals surface area contributed by atoms with Crippen LogP contribution in [0.4, 0.5) is 0 Å². The Morgan fingerprint density at radius 1 is 1.50 bits per heavy atom. The molecule has 2 aromatic rings. The summed E-state index contributed by atoms with van der Waals surface area (Å²) in [5.74, 6) is 0. The number of rotatable bonds is 1. The van der Waals surface area contributed by atoms with E-state index in [0.29, 0.717) is 0 Å². The summed E-state index contributed by atoms with van der Waals surface area (Å²) in [4.78, 5) is 4.33. The van der Waals surface area contributed by atoms with E-state index < -0.39 is 0 Å². The second-order valence-corrected chi connectivity index (χ2v) is 3.01. The Balaban J connectivity index is 2.71. The molecule has 0 aliphatic carbocycles. The summed E-state index contributed by atoms with van der Waals surface area (Å²) in [7, 11) is 2.06. The van der Waals surface area contributed by atoms with Crippen LogP contribution >= 0.6 is 0 Å². The summed E-state index contributed by atoms with van der Waals surface area (Å²) < 4.78 is 2.12. The van der Waals surface area contributed by atoms with Gasteiger partial charge in [-0.1, -0.05) is 6.92 Å². The van der Waals surface area contributed by atoms with Crippen LogP contribution in [0, 0.1) is 0 Å². The first kappa shape index (κ1) is 7.35. The second kappa shape index (κ2) is 2.63. The molecule has 2 nitrogen and oxygen atoms in total. The monoisotopic (exact) mass is 160 g/mol. The van der Waals surface area contributed by atoms with Crippen LogP contribution in [0.15, 0.2) is 24.5 Å². The molecule has 0 N–H and O–H groups in total. The van der Waals surface area contributed by atoms with Crippen LogP contribution in [0.3, 0.4) is 0 Å². The highest BCUT2D eigenvalue weighted by atomic mass is 14.9. The Hall–Kier alpha value is -1.31. The maximum absolute atomic E-state index is 4.33. The third-order valence-corrected chi connectivity index (χ3v) is 2.19. The van der Waals surface area contributed by atoms with Crippen LogP contribution in [-0.2, 0) is 13.5 Å². The fraction of sp³-hybridized carbons (Fsp3) is 0.300. The van der Waals surface area contributed by atoms with Crippen LogP contribution in [0.1, 0.15) is 12.6 Å². The van der Waals surface area contributed by atoms with Crippen molar-refractivity contribution in [3.05, 3.63) is 30.2 Å². The zero-order chi connectivity index (χ0) is 8.55. The Morgan fingerprint density at radius 3 is 3.08 bits per heavy atom. The standard InChI is InChI=1S/C10H12N2/c1-3-9-6-10-8(7-11-9)4-5-12(10)2/h4-7H,3H2,1-2H3. The van der Waals surface area contributed by atoms with Crippen LogP contribution in [0.2, 0.25) is 0 Å². The van der Waals surface area contributed by atoms with Gasteiger partial charge in [-0.15, -0.1) is 0 Å². The van der Waals surface area contributed by atoms with E-state index in [4.69, 9.17) is 0 Å². The summed E-state index contributed by atoms with van der Waals surface area (Å²) in [6, 6.07) is 4.23. The highest BCUT2D eigenvalue weighted by Crippen LogP contribution is 2.14. The van der Waals surface area contributed by atoms with E-state index in [1.807, 2.05) is 6.20 Å². The Morgan fingerprint density at radius 2 is 2.33 bits per heavy atom. The van der Waals surface area contributed by atoms with E-state index in [-0.39, 0.29) is 0 Å². The van der Waals surface area contributed by atoms with Gasteiger partial charge >= 0.3 is 0 Å². The largest absolute Gasteiger partial charge is 0.350 e. The molecule has 0 amide bonds. The molecule has 0 fully saturated rings. The minimum absolute atomic E-state index is 1.00. The summed E-state index contributed by atoms with van der Waals surface area (Å²) in [5.41, 5.74) is 2.42. The molecule has 0 saturated carbocycles. The van der Waals surface area contributed by atoms with Crippen LogP contribution < -0.4 is 0 Å². The van der Waals surface area contributed by atoms with Crippen molar-refractivity contribution in [2.45, 2.75) is 13.3 Å². The first-order valence-electron chi connectivity index (χ1n) is 4.21. The topological polar surface area (TPSA) is 17.8 Å². The minimum Gasteiger partial charge on any atom is -0.350 e. The molecule has 0 aromatic carbocycles. The third-order valence-electron chi connectivity index (χ3n) is 2.19. The highest BCUT2D eigenvalue weighted by molar-refractivity contribution is 5.79. The zero-order valence-electron chi connectivity index (χ0n) is 7.41. The third kappa shape index (κ3) is 0.998. The van der Waals surface area contributed by atoms with Gasteiger partial charge in [-0.3, -0.25) is 4.98 Å². The molecule has 0 aliphatic heterocycles. The average molecular weight is 160 g/mol. The van der Waals surface area contributed by atoms with Crippen molar-refractivity contribution in [3.8, 4) is 0 Å². The summed E-state index contributed by atoms with van der Waals surface area (Å²) in [5, 5.41) is 1.22.